The summed E-state index contributed by atoms with van der Waals surface area (Å²) in [6.45, 7) is 4.44. The highest BCUT2D eigenvalue weighted by Crippen LogP contribution is 2.12. The molecule has 1 unspecified atom stereocenters. The van der Waals surface area contributed by atoms with Crippen molar-refractivity contribution in [3.05, 3.63) is 65.1 Å². The SMILES string of the molecule is Cc1cc(C)n2ncc(C(=O)NCC(Cc3ccccc3)N(C)C)c2n1. The molecule has 0 saturated carbocycles. The molecule has 0 bridgehead atoms. The van der Waals surface area contributed by atoms with Crippen LogP contribution in [0.2, 0.25) is 0 Å². The molecule has 26 heavy (non-hydrogen) atoms. The van der Waals surface area contributed by atoms with Gasteiger partial charge in [-0.3, -0.25) is 4.79 Å². The quantitative estimate of drug-likeness (QED) is 0.740. The maximum atomic E-state index is 12.7. The molecular weight excluding hydrogens is 326 g/mol. The van der Waals surface area contributed by atoms with Gasteiger partial charge in [0.15, 0.2) is 5.65 Å². The second-order valence-corrected chi connectivity index (χ2v) is 6.85. The van der Waals surface area contributed by atoms with Gasteiger partial charge in [0, 0.05) is 24.0 Å². The Morgan fingerprint density at radius 3 is 2.65 bits per heavy atom. The van der Waals surface area contributed by atoms with Crippen molar-refractivity contribution in [2.45, 2.75) is 26.3 Å². The van der Waals surface area contributed by atoms with Gasteiger partial charge < -0.3 is 10.2 Å². The van der Waals surface area contributed by atoms with Crippen molar-refractivity contribution < 1.29 is 4.79 Å². The van der Waals surface area contributed by atoms with E-state index in [1.165, 1.54) is 5.56 Å². The van der Waals surface area contributed by atoms with Gasteiger partial charge in [0.1, 0.15) is 5.56 Å². The molecule has 1 amide bonds. The summed E-state index contributed by atoms with van der Waals surface area (Å²) < 4.78 is 1.70. The number of carbonyl (C=O) groups is 1. The lowest BCUT2D eigenvalue weighted by molar-refractivity contribution is 0.0943. The Morgan fingerprint density at radius 1 is 1.23 bits per heavy atom. The van der Waals surface area contributed by atoms with Crippen molar-refractivity contribution in [1.29, 1.82) is 0 Å². The van der Waals surface area contributed by atoms with Crippen molar-refractivity contribution in [1.82, 2.24) is 24.8 Å². The topological polar surface area (TPSA) is 62.5 Å². The molecule has 3 aromatic rings. The number of hydrogen-bond donors (Lipinski definition) is 1. The molecule has 0 spiro atoms. The second kappa shape index (κ2) is 7.66. The third-order valence-electron chi connectivity index (χ3n) is 4.57. The Labute approximate surface area is 153 Å². The molecule has 6 nitrogen and oxygen atoms in total. The van der Waals surface area contributed by atoms with Gasteiger partial charge in [0.25, 0.3) is 5.91 Å². The molecule has 1 atom stereocenters. The third kappa shape index (κ3) is 3.91. The molecule has 2 heterocycles. The minimum absolute atomic E-state index is 0.141. The lowest BCUT2D eigenvalue weighted by atomic mass is 10.1. The summed E-state index contributed by atoms with van der Waals surface area (Å²) in [4.78, 5) is 19.3. The highest BCUT2D eigenvalue weighted by atomic mass is 16.1. The number of amides is 1. The van der Waals surface area contributed by atoms with Crippen molar-refractivity contribution in [3.63, 3.8) is 0 Å². The number of aromatic nitrogens is 3. The Bertz CT molecular complexity index is 901. The minimum atomic E-state index is -0.141. The van der Waals surface area contributed by atoms with Crippen LogP contribution >= 0.6 is 0 Å². The monoisotopic (exact) mass is 351 g/mol. The van der Waals surface area contributed by atoms with Crippen molar-refractivity contribution in [2.75, 3.05) is 20.6 Å². The highest BCUT2D eigenvalue weighted by Gasteiger charge is 2.18. The predicted molar refractivity (Wildman–Crippen MR) is 102 cm³/mol. The van der Waals surface area contributed by atoms with Crippen LogP contribution in [0.15, 0.2) is 42.6 Å². The van der Waals surface area contributed by atoms with Crippen LogP contribution in [-0.2, 0) is 6.42 Å². The zero-order chi connectivity index (χ0) is 18.7. The summed E-state index contributed by atoms with van der Waals surface area (Å²) in [5.41, 5.74) is 4.20. The van der Waals surface area contributed by atoms with Gasteiger partial charge in [0.2, 0.25) is 0 Å². The first-order valence-corrected chi connectivity index (χ1v) is 8.76. The van der Waals surface area contributed by atoms with Gasteiger partial charge in [-0.15, -0.1) is 0 Å². The number of carbonyl (C=O) groups excluding carboxylic acids is 1. The zero-order valence-corrected chi connectivity index (χ0v) is 15.7. The number of likely N-dealkylation sites (N-methyl/N-ethyl adjacent to an activating group) is 1. The zero-order valence-electron chi connectivity index (χ0n) is 15.7. The molecule has 1 aromatic carbocycles. The summed E-state index contributed by atoms with van der Waals surface area (Å²) in [5.74, 6) is -0.141. The van der Waals surface area contributed by atoms with Gasteiger partial charge in [-0.1, -0.05) is 30.3 Å². The Hall–Kier alpha value is -2.73. The fraction of sp³-hybridized carbons (Fsp3) is 0.350. The maximum Gasteiger partial charge on any atom is 0.256 e. The number of rotatable bonds is 6. The van der Waals surface area contributed by atoms with Crippen molar-refractivity contribution in [2.24, 2.45) is 0 Å². The standard InChI is InChI=1S/C20H25N5O/c1-14-10-15(2)25-19(23-14)18(13-22-25)20(26)21-12-17(24(3)4)11-16-8-6-5-7-9-16/h5-10,13,17H,11-12H2,1-4H3,(H,21,26). The Kier molecular flexibility index (Phi) is 5.32. The summed E-state index contributed by atoms with van der Waals surface area (Å²) in [6, 6.07) is 12.5. The predicted octanol–water partition coefficient (Wildman–Crippen LogP) is 2.25. The largest absolute Gasteiger partial charge is 0.350 e. The van der Waals surface area contributed by atoms with E-state index in [-0.39, 0.29) is 11.9 Å². The highest BCUT2D eigenvalue weighted by molar-refractivity contribution is 5.99. The summed E-state index contributed by atoms with van der Waals surface area (Å²) in [6.07, 6.45) is 2.46. The maximum absolute atomic E-state index is 12.7. The summed E-state index contributed by atoms with van der Waals surface area (Å²) in [5, 5.41) is 7.34. The number of nitrogens with zero attached hydrogens (tertiary/aromatic N) is 4. The van der Waals surface area contributed by atoms with Gasteiger partial charge >= 0.3 is 0 Å². The van der Waals surface area contributed by atoms with E-state index in [1.54, 1.807) is 10.7 Å². The average molecular weight is 351 g/mol. The lowest BCUT2D eigenvalue weighted by Gasteiger charge is -2.24. The average Bonchev–Trinajstić information content (AvgIpc) is 3.03. The van der Waals surface area contributed by atoms with Gasteiger partial charge in [-0.25, -0.2) is 9.50 Å². The minimum Gasteiger partial charge on any atom is -0.350 e. The van der Waals surface area contributed by atoms with Crippen LogP contribution in [-0.4, -0.2) is 52.1 Å². The molecule has 6 heteroatoms. The van der Waals surface area contributed by atoms with Crippen LogP contribution in [0.1, 0.15) is 27.3 Å². The first-order valence-electron chi connectivity index (χ1n) is 8.76. The molecule has 0 radical (unpaired) electrons. The number of fused-ring (bicyclic) bond motifs is 1. The van der Waals surface area contributed by atoms with E-state index in [0.29, 0.717) is 17.8 Å². The van der Waals surface area contributed by atoms with E-state index in [2.05, 4.69) is 32.4 Å². The molecule has 0 saturated heterocycles. The Balaban J connectivity index is 1.73. The van der Waals surface area contributed by atoms with Crippen LogP contribution in [0.4, 0.5) is 0 Å². The first-order chi connectivity index (χ1) is 12.5. The van der Waals surface area contributed by atoms with E-state index in [4.69, 9.17) is 0 Å². The molecule has 3 rings (SSSR count). The van der Waals surface area contributed by atoms with E-state index in [1.807, 2.05) is 52.2 Å². The number of hydrogen-bond acceptors (Lipinski definition) is 4. The van der Waals surface area contributed by atoms with Gasteiger partial charge in [-0.2, -0.15) is 5.10 Å². The van der Waals surface area contributed by atoms with Crippen molar-refractivity contribution >= 4 is 11.6 Å². The molecule has 2 aromatic heterocycles. The van der Waals surface area contributed by atoms with Crippen LogP contribution in [0, 0.1) is 13.8 Å². The molecule has 136 valence electrons. The number of benzene rings is 1. The fourth-order valence-electron chi connectivity index (χ4n) is 3.06. The first kappa shape index (κ1) is 18.1. The Morgan fingerprint density at radius 2 is 1.96 bits per heavy atom. The smallest absolute Gasteiger partial charge is 0.256 e. The van der Waals surface area contributed by atoms with Crippen LogP contribution in [0.3, 0.4) is 0 Å². The normalized spacial score (nSPS) is 12.5. The van der Waals surface area contributed by atoms with E-state index >= 15 is 0 Å². The van der Waals surface area contributed by atoms with E-state index in [9.17, 15) is 4.79 Å². The lowest BCUT2D eigenvalue weighted by Crippen LogP contribution is -2.41. The number of aryl methyl sites for hydroxylation is 2. The molecular formula is C20H25N5O. The van der Waals surface area contributed by atoms with Crippen LogP contribution < -0.4 is 5.32 Å². The fourth-order valence-corrected chi connectivity index (χ4v) is 3.06. The van der Waals surface area contributed by atoms with Gasteiger partial charge in [-0.05, 0) is 46.0 Å². The molecule has 0 fully saturated rings. The molecule has 0 aliphatic rings. The van der Waals surface area contributed by atoms with Crippen LogP contribution in [0.25, 0.3) is 5.65 Å². The second-order valence-electron chi connectivity index (χ2n) is 6.85. The number of nitrogens with one attached hydrogen (secondary N) is 1. The molecule has 1 N–H and O–H groups in total. The van der Waals surface area contributed by atoms with Crippen LogP contribution in [0.5, 0.6) is 0 Å². The summed E-state index contributed by atoms with van der Waals surface area (Å²) in [7, 11) is 4.06. The van der Waals surface area contributed by atoms with Gasteiger partial charge in [0.05, 0.1) is 6.20 Å². The summed E-state index contributed by atoms with van der Waals surface area (Å²) >= 11 is 0. The molecule has 0 aliphatic carbocycles. The van der Waals surface area contributed by atoms with Crippen molar-refractivity contribution in [3.8, 4) is 0 Å². The van der Waals surface area contributed by atoms with E-state index < -0.39 is 0 Å². The van der Waals surface area contributed by atoms with E-state index in [0.717, 1.165) is 17.8 Å². The molecule has 0 aliphatic heterocycles. The third-order valence-corrected chi connectivity index (χ3v) is 4.57.